The van der Waals surface area contributed by atoms with Crippen LogP contribution in [0, 0.1) is 4.77 Å². The first-order valence-corrected chi connectivity index (χ1v) is 4.96. The molecule has 0 aliphatic heterocycles. The molecule has 78 valence electrons. The minimum atomic E-state index is -0.195. The van der Waals surface area contributed by atoms with Crippen molar-refractivity contribution in [1.29, 1.82) is 0 Å². The van der Waals surface area contributed by atoms with Crippen LogP contribution >= 0.6 is 12.2 Å². The van der Waals surface area contributed by atoms with Gasteiger partial charge in [-0.1, -0.05) is 0 Å². The fraction of sp³-hybridized carbons (Fsp3) is 0.222. The smallest absolute Gasteiger partial charge is 0.251 e. The van der Waals surface area contributed by atoms with Crippen LogP contribution in [0.3, 0.4) is 0 Å². The number of H-pyrrole nitrogens is 1. The van der Waals surface area contributed by atoms with E-state index in [1.165, 1.54) is 6.07 Å². The van der Waals surface area contributed by atoms with Gasteiger partial charge in [0.1, 0.15) is 0 Å². The fourth-order valence-electron chi connectivity index (χ4n) is 1.27. The van der Waals surface area contributed by atoms with Crippen LogP contribution in [-0.4, -0.2) is 19.3 Å². The Balaban J connectivity index is 2.54. The van der Waals surface area contributed by atoms with E-state index in [1.807, 2.05) is 13.1 Å². The van der Waals surface area contributed by atoms with Crippen LogP contribution in [0.4, 0.5) is 0 Å². The van der Waals surface area contributed by atoms with Crippen molar-refractivity contribution in [3.63, 3.8) is 0 Å². The molecular weight excluding hydrogens is 212 g/mol. The molecule has 0 atom stereocenters. The molecule has 5 nitrogen and oxygen atoms in total. The van der Waals surface area contributed by atoms with E-state index in [0.29, 0.717) is 4.77 Å². The van der Waals surface area contributed by atoms with Gasteiger partial charge in [-0.3, -0.25) is 19.0 Å². The van der Waals surface area contributed by atoms with Crippen LogP contribution in [0.15, 0.2) is 29.5 Å². The Kier molecular flexibility index (Phi) is 2.51. The van der Waals surface area contributed by atoms with Gasteiger partial charge in [0.2, 0.25) is 0 Å². The molecule has 0 aliphatic carbocycles. The molecule has 0 fully saturated rings. The van der Waals surface area contributed by atoms with Gasteiger partial charge in [-0.05, 0) is 19.1 Å². The predicted molar refractivity (Wildman–Crippen MR) is 58.7 cm³/mol. The third-order valence-electron chi connectivity index (χ3n) is 2.05. The highest BCUT2D eigenvalue weighted by atomic mass is 32.1. The summed E-state index contributed by atoms with van der Waals surface area (Å²) in [5, 5.41) is 4.13. The van der Waals surface area contributed by atoms with Gasteiger partial charge >= 0.3 is 0 Å². The molecule has 15 heavy (non-hydrogen) atoms. The van der Waals surface area contributed by atoms with Gasteiger partial charge in [0.15, 0.2) is 4.77 Å². The Hall–Kier alpha value is -1.69. The average molecular weight is 222 g/mol. The van der Waals surface area contributed by atoms with E-state index in [1.54, 1.807) is 21.6 Å². The van der Waals surface area contributed by atoms with Gasteiger partial charge in [0.25, 0.3) is 5.56 Å². The highest BCUT2D eigenvalue weighted by Gasteiger charge is 2.00. The zero-order valence-corrected chi connectivity index (χ0v) is 8.99. The highest BCUT2D eigenvalue weighted by Crippen LogP contribution is 2.04. The normalized spacial score (nSPS) is 10.5. The largest absolute Gasteiger partial charge is 0.299 e. The first-order chi connectivity index (χ1) is 7.20. The summed E-state index contributed by atoms with van der Waals surface area (Å²) < 4.78 is 3.87. The Morgan fingerprint density at radius 2 is 2.40 bits per heavy atom. The fourth-order valence-corrected chi connectivity index (χ4v) is 1.54. The second-order valence-electron chi connectivity index (χ2n) is 3.03. The molecule has 0 amide bonds. The maximum Gasteiger partial charge on any atom is 0.251 e. The molecular formula is C9H10N4OS. The molecule has 0 bridgehead atoms. The van der Waals surface area contributed by atoms with Crippen molar-refractivity contribution in [2.75, 3.05) is 0 Å². The van der Waals surface area contributed by atoms with E-state index >= 15 is 0 Å². The van der Waals surface area contributed by atoms with Crippen LogP contribution in [-0.2, 0) is 6.54 Å². The van der Waals surface area contributed by atoms with Crippen LogP contribution < -0.4 is 5.56 Å². The zero-order chi connectivity index (χ0) is 10.8. The summed E-state index contributed by atoms with van der Waals surface area (Å²) in [5.74, 6) is 0. The van der Waals surface area contributed by atoms with Gasteiger partial charge in [0.05, 0.1) is 11.9 Å². The summed E-state index contributed by atoms with van der Waals surface area (Å²) in [4.78, 5) is 13.5. The minimum absolute atomic E-state index is 0.195. The number of aromatic nitrogens is 4. The van der Waals surface area contributed by atoms with Crippen molar-refractivity contribution in [1.82, 2.24) is 19.3 Å². The van der Waals surface area contributed by atoms with Gasteiger partial charge in [0, 0.05) is 25.0 Å². The van der Waals surface area contributed by atoms with Crippen molar-refractivity contribution >= 4 is 12.2 Å². The highest BCUT2D eigenvalue weighted by molar-refractivity contribution is 7.71. The maximum absolute atomic E-state index is 11.0. The number of nitrogens with one attached hydrogen (secondary N) is 1. The third kappa shape index (κ3) is 1.89. The van der Waals surface area contributed by atoms with Crippen molar-refractivity contribution in [3.8, 4) is 5.69 Å². The molecule has 0 radical (unpaired) electrons. The quantitative estimate of drug-likeness (QED) is 0.774. The Labute approximate surface area is 91.0 Å². The van der Waals surface area contributed by atoms with Gasteiger partial charge in [-0.25, -0.2) is 0 Å². The molecule has 2 rings (SSSR count). The van der Waals surface area contributed by atoms with Crippen molar-refractivity contribution in [2.45, 2.75) is 13.5 Å². The van der Waals surface area contributed by atoms with E-state index in [2.05, 4.69) is 10.1 Å². The number of hydrogen-bond acceptors (Lipinski definition) is 3. The predicted octanol–water partition coefficient (Wildman–Crippen LogP) is 1.11. The van der Waals surface area contributed by atoms with Crippen LogP contribution in [0.2, 0.25) is 0 Å². The summed E-state index contributed by atoms with van der Waals surface area (Å²) >= 11 is 5.04. The summed E-state index contributed by atoms with van der Waals surface area (Å²) in [6.07, 6.45) is 5.21. The summed E-state index contributed by atoms with van der Waals surface area (Å²) in [5.41, 5.74) is 0.650. The lowest BCUT2D eigenvalue weighted by Crippen LogP contribution is -2.09. The van der Waals surface area contributed by atoms with Crippen molar-refractivity contribution in [3.05, 3.63) is 39.8 Å². The molecule has 6 heteroatoms. The molecule has 0 saturated carbocycles. The molecule has 0 unspecified atom stereocenters. The number of nitrogens with zero attached hydrogens (tertiary/aromatic N) is 3. The van der Waals surface area contributed by atoms with Gasteiger partial charge in [-0.2, -0.15) is 5.10 Å². The SMILES string of the molecule is CCn1cc(-n2ccc(=O)[nH]c2=S)cn1. The lowest BCUT2D eigenvalue weighted by Gasteiger charge is -2.00. The minimum Gasteiger partial charge on any atom is -0.299 e. The molecule has 0 aliphatic rings. The number of aromatic amines is 1. The second-order valence-corrected chi connectivity index (χ2v) is 3.42. The zero-order valence-electron chi connectivity index (χ0n) is 8.17. The number of hydrogen-bond donors (Lipinski definition) is 1. The lowest BCUT2D eigenvalue weighted by atomic mass is 10.5. The van der Waals surface area contributed by atoms with E-state index in [9.17, 15) is 4.79 Å². The molecule has 2 aromatic heterocycles. The Bertz CT molecular complexity index is 580. The topological polar surface area (TPSA) is 55.6 Å². The Morgan fingerprint density at radius 1 is 1.60 bits per heavy atom. The van der Waals surface area contributed by atoms with Crippen LogP contribution in [0.1, 0.15) is 6.92 Å². The lowest BCUT2D eigenvalue weighted by molar-refractivity contribution is 0.659. The number of aryl methyl sites for hydroxylation is 1. The molecule has 1 N–H and O–H groups in total. The van der Waals surface area contributed by atoms with Crippen LogP contribution in [0.25, 0.3) is 5.69 Å². The third-order valence-corrected chi connectivity index (χ3v) is 2.34. The summed E-state index contributed by atoms with van der Waals surface area (Å²) in [6.45, 7) is 2.81. The molecule has 2 heterocycles. The molecule has 0 saturated heterocycles. The second kappa shape index (κ2) is 3.82. The van der Waals surface area contributed by atoms with E-state index < -0.39 is 0 Å². The van der Waals surface area contributed by atoms with E-state index in [4.69, 9.17) is 12.2 Å². The van der Waals surface area contributed by atoms with Crippen LogP contribution in [0.5, 0.6) is 0 Å². The first-order valence-electron chi connectivity index (χ1n) is 4.55. The molecule has 2 aromatic rings. The summed E-state index contributed by atoms with van der Waals surface area (Å²) in [7, 11) is 0. The Morgan fingerprint density at radius 3 is 3.00 bits per heavy atom. The van der Waals surface area contributed by atoms with Gasteiger partial charge < -0.3 is 0 Å². The standard InChI is InChI=1S/C9H10N4OS/c1-2-12-6-7(5-10-12)13-4-3-8(14)11-9(13)15/h3-6H,2H2,1H3,(H,11,14,15). The summed E-state index contributed by atoms with van der Waals surface area (Å²) in [6, 6.07) is 1.43. The van der Waals surface area contributed by atoms with E-state index in [-0.39, 0.29) is 5.56 Å². The van der Waals surface area contributed by atoms with Gasteiger partial charge in [-0.15, -0.1) is 0 Å². The first kappa shape index (κ1) is 9.85. The van der Waals surface area contributed by atoms with E-state index in [0.717, 1.165) is 12.2 Å². The number of rotatable bonds is 2. The molecule has 0 aromatic carbocycles. The average Bonchev–Trinajstić information content (AvgIpc) is 2.66. The van der Waals surface area contributed by atoms with Crippen molar-refractivity contribution in [2.24, 2.45) is 0 Å². The maximum atomic E-state index is 11.0. The molecule has 0 spiro atoms. The van der Waals surface area contributed by atoms with Crippen molar-refractivity contribution < 1.29 is 0 Å². The monoisotopic (exact) mass is 222 g/mol.